The van der Waals surface area contributed by atoms with Crippen molar-refractivity contribution in [1.82, 2.24) is 4.90 Å². The van der Waals surface area contributed by atoms with E-state index in [9.17, 15) is 17.6 Å². The highest BCUT2D eigenvalue weighted by Gasteiger charge is 2.43. The zero-order chi connectivity index (χ0) is 17.2. The second-order valence-corrected chi connectivity index (χ2v) is 6.46. The van der Waals surface area contributed by atoms with Crippen molar-refractivity contribution in [3.63, 3.8) is 0 Å². The maximum absolute atomic E-state index is 14.5. The summed E-state index contributed by atoms with van der Waals surface area (Å²) < 4.78 is 53.8. The maximum Gasteiger partial charge on any atom is 0.263 e. The summed E-state index contributed by atoms with van der Waals surface area (Å²) in [6, 6.07) is 5.32. The van der Waals surface area contributed by atoms with Crippen molar-refractivity contribution in [3.05, 3.63) is 35.1 Å². The Morgan fingerprint density at radius 1 is 1.43 bits per heavy atom. The van der Waals surface area contributed by atoms with E-state index >= 15 is 0 Å². The number of likely N-dealkylation sites (tertiary alicyclic amines) is 1. The molecule has 6 heteroatoms. The predicted molar refractivity (Wildman–Crippen MR) is 79.0 cm³/mol. The second-order valence-electron chi connectivity index (χ2n) is 6.46. The largest absolute Gasteiger partial charge is 0.296 e. The normalized spacial score (nSPS) is 27.0. The van der Waals surface area contributed by atoms with E-state index in [2.05, 4.69) is 6.07 Å². The van der Waals surface area contributed by atoms with Gasteiger partial charge in [0.1, 0.15) is 12.0 Å². The van der Waals surface area contributed by atoms with E-state index in [4.69, 9.17) is 5.26 Å². The predicted octanol–water partition coefficient (Wildman–Crippen LogP) is 4.47. The molecule has 23 heavy (non-hydrogen) atoms. The molecule has 3 unspecified atom stereocenters. The molecular weight excluding hydrogens is 308 g/mol. The molecule has 0 aliphatic carbocycles. The third-order valence-electron chi connectivity index (χ3n) is 5.00. The number of rotatable bonds is 4. The van der Waals surface area contributed by atoms with E-state index in [-0.39, 0.29) is 24.2 Å². The van der Waals surface area contributed by atoms with Crippen LogP contribution in [0.5, 0.6) is 0 Å². The van der Waals surface area contributed by atoms with Crippen molar-refractivity contribution >= 4 is 0 Å². The minimum atomic E-state index is -2.66. The number of piperidine rings is 1. The Morgan fingerprint density at radius 2 is 2.13 bits per heavy atom. The summed E-state index contributed by atoms with van der Waals surface area (Å²) in [5.74, 6) is -0.984. The first-order valence-corrected chi connectivity index (χ1v) is 7.60. The molecule has 2 nitrogen and oxygen atoms in total. The van der Waals surface area contributed by atoms with Gasteiger partial charge in [0, 0.05) is 29.6 Å². The fraction of sp³-hybridized carbons (Fsp3) is 0.588. The van der Waals surface area contributed by atoms with Crippen LogP contribution in [0.4, 0.5) is 17.6 Å². The minimum Gasteiger partial charge on any atom is -0.296 e. The van der Waals surface area contributed by atoms with E-state index in [1.165, 1.54) is 0 Å². The number of nitrogens with zero attached hydrogens (tertiary/aromatic N) is 2. The molecule has 0 radical (unpaired) electrons. The molecule has 1 aliphatic heterocycles. The van der Waals surface area contributed by atoms with Crippen LogP contribution in [0.1, 0.15) is 37.8 Å². The van der Waals surface area contributed by atoms with E-state index in [0.717, 1.165) is 18.2 Å². The molecule has 0 aromatic heterocycles. The molecule has 1 fully saturated rings. The number of benzene rings is 1. The lowest BCUT2D eigenvalue weighted by molar-refractivity contribution is -0.00597. The first-order chi connectivity index (χ1) is 10.8. The minimum absolute atomic E-state index is 0.0703. The average Bonchev–Trinajstić information content (AvgIpc) is 2.52. The highest BCUT2D eigenvalue weighted by Crippen LogP contribution is 2.40. The van der Waals surface area contributed by atoms with Gasteiger partial charge in [-0.25, -0.2) is 17.6 Å². The highest BCUT2D eigenvalue weighted by molar-refractivity contribution is 5.26. The van der Waals surface area contributed by atoms with Crippen LogP contribution < -0.4 is 0 Å². The summed E-state index contributed by atoms with van der Waals surface area (Å²) in [7, 11) is 0. The molecule has 1 aromatic carbocycles. The van der Waals surface area contributed by atoms with Gasteiger partial charge in [0.2, 0.25) is 0 Å². The van der Waals surface area contributed by atoms with E-state index in [1.54, 1.807) is 18.7 Å². The molecule has 1 saturated heterocycles. The van der Waals surface area contributed by atoms with Crippen LogP contribution in [-0.2, 0) is 6.54 Å². The third-order valence-corrected chi connectivity index (χ3v) is 5.00. The molecule has 3 atom stereocenters. The van der Waals surface area contributed by atoms with Gasteiger partial charge >= 0.3 is 0 Å². The van der Waals surface area contributed by atoms with Gasteiger partial charge in [-0.05, 0) is 32.0 Å². The van der Waals surface area contributed by atoms with E-state index in [0.29, 0.717) is 13.0 Å². The first kappa shape index (κ1) is 17.7. The number of halogens is 4. The zero-order valence-corrected chi connectivity index (χ0v) is 13.2. The van der Waals surface area contributed by atoms with Gasteiger partial charge in [-0.2, -0.15) is 5.26 Å². The second kappa shape index (κ2) is 6.88. The van der Waals surface area contributed by atoms with Crippen molar-refractivity contribution in [1.29, 1.82) is 5.26 Å². The topological polar surface area (TPSA) is 27.0 Å². The number of hydrogen-bond acceptors (Lipinski definition) is 2. The SMILES string of the molecule is CC(C#N)C1(C)CCN(Cc2cc(C(F)F)ccc2F)CC1F. The molecule has 1 heterocycles. The van der Waals surface area contributed by atoms with Gasteiger partial charge in [0.25, 0.3) is 6.43 Å². The first-order valence-electron chi connectivity index (χ1n) is 7.60. The van der Waals surface area contributed by atoms with Crippen molar-refractivity contribution in [2.75, 3.05) is 13.1 Å². The lowest BCUT2D eigenvalue weighted by Crippen LogP contribution is -2.49. The summed E-state index contributed by atoms with van der Waals surface area (Å²) in [5.41, 5.74) is -0.820. The number of alkyl halides is 3. The van der Waals surface area contributed by atoms with Crippen LogP contribution in [0.2, 0.25) is 0 Å². The van der Waals surface area contributed by atoms with E-state index < -0.39 is 29.7 Å². The van der Waals surface area contributed by atoms with Gasteiger partial charge in [0.05, 0.1) is 12.0 Å². The number of hydrogen-bond donors (Lipinski definition) is 0. The van der Waals surface area contributed by atoms with Crippen LogP contribution in [-0.4, -0.2) is 24.2 Å². The summed E-state index contributed by atoms with van der Waals surface area (Å²) in [5, 5.41) is 9.04. The molecule has 0 saturated carbocycles. The van der Waals surface area contributed by atoms with Gasteiger partial charge in [0.15, 0.2) is 0 Å². The zero-order valence-electron chi connectivity index (χ0n) is 13.2. The standard InChI is InChI=1S/C17H20F4N2/c1-11(8-22)17(2)5-6-23(10-15(17)19)9-13-7-12(16(20)21)3-4-14(13)18/h3-4,7,11,15-16H,5-6,9-10H2,1-2H3. The quantitative estimate of drug-likeness (QED) is 0.762. The highest BCUT2D eigenvalue weighted by atomic mass is 19.3. The van der Waals surface area contributed by atoms with Gasteiger partial charge in [-0.15, -0.1) is 0 Å². The van der Waals surface area contributed by atoms with Crippen LogP contribution in [0.25, 0.3) is 0 Å². The fourth-order valence-corrected chi connectivity index (χ4v) is 2.95. The summed E-state index contributed by atoms with van der Waals surface area (Å²) in [6.07, 6.45) is -3.41. The van der Waals surface area contributed by atoms with Gasteiger partial charge < -0.3 is 0 Å². The van der Waals surface area contributed by atoms with Gasteiger partial charge in [-0.1, -0.05) is 13.0 Å². The Hall–Kier alpha value is -1.61. The van der Waals surface area contributed by atoms with Crippen LogP contribution in [0.15, 0.2) is 18.2 Å². The smallest absolute Gasteiger partial charge is 0.263 e. The maximum atomic E-state index is 14.5. The Morgan fingerprint density at radius 3 is 2.70 bits per heavy atom. The summed E-state index contributed by atoms with van der Waals surface area (Å²) >= 11 is 0. The van der Waals surface area contributed by atoms with Crippen LogP contribution >= 0.6 is 0 Å². The molecule has 2 rings (SSSR count). The Labute approximate surface area is 133 Å². The van der Waals surface area contributed by atoms with Crippen LogP contribution in [0.3, 0.4) is 0 Å². The van der Waals surface area contributed by atoms with Crippen molar-refractivity contribution in [2.45, 2.75) is 39.4 Å². The molecule has 0 spiro atoms. The molecule has 126 valence electrons. The Bertz CT molecular complexity index is 599. The van der Waals surface area contributed by atoms with Gasteiger partial charge in [-0.3, -0.25) is 4.90 Å². The Balaban J connectivity index is 2.10. The third kappa shape index (κ3) is 3.66. The molecular formula is C17H20F4N2. The molecule has 1 aromatic rings. The number of nitriles is 1. The van der Waals surface area contributed by atoms with Crippen molar-refractivity contribution < 1.29 is 17.6 Å². The Kier molecular flexibility index (Phi) is 5.30. The lowest BCUT2D eigenvalue weighted by Gasteiger charge is -2.43. The molecule has 0 amide bonds. The average molecular weight is 328 g/mol. The van der Waals surface area contributed by atoms with Crippen LogP contribution in [0, 0.1) is 28.5 Å². The van der Waals surface area contributed by atoms with Crippen molar-refractivity contribution in [3.8, 4) is 6.07 Å². The summed E-state index contributed by atoms with van der Waals surface area (Å²) in [6.45, 7) is 4.11. The molecule has 0 N–H and O–H groups in total. The monoisotopic (exact) mass is 328 g/mol. The lowest BCUT2D eigenvalue weighted by atomic mass is 9.70. The summed E-state index contributed by atoms with van der Waals surface area (Å²) in [4.78, 5) is 1.71. The fourth-order valence-electron chi connectivity index (χ4n) is 2.95. The molecule has 1 aliphatic rings. The van der Waals surface area contributed by atoms with Crippen molar-refractivity contribution in [2.24, 2.45) is 11.3 Å². The molecule has 0 bridgehead atoms. The van der Waals surface area contributed by atoms with E-state index in [1.807, 2.05) is 0 Å².